The predicted octanol–water partition coefficient (Wildman–Crippen LogP) is 2.63. The number of rotatable bonds is 20. The molecule has 0 saturated carbocycles. The van der Waals surface area contributed by atoms with Gasteiger partial charge in [0.15, 0.2) is 5.78 Å². The fourth-order valence-corrected chi connectivity index (χ4v) is 4.73. The molecule has 0 fully saturated rings. The molecule has 0 aromatic heterocycles. The number of nitrogens with two attached hydrogens (primary N) is 1. The molecule has 244 valence electrons. The highest BCUT2D eigenvalue weighted by atomic mass is 32.2. The van der Waals surface area contributed by atoms with Crippen molar-refractivity contribution in [3.05, 3.63) is 35.9 Å². The quantitative estimate of drug-likeness (QED) is 0.110. The summed E-state index contributed by atoms with van der Waals surface area (Å²) in [5.41, 5.74) is 7.00. The Kier molecular flexibility index (Phi) is 22.1. The van der Waals surface area contributed by atoms with Crippen molar-refractivity contribution in [3.63, 3.8) is 0 Å². The SMILES string of the molecule is CNC(Cc1ccccc1)C(=O)NCCCCC(N)C(=O)C(C)C.CSCCC(NC(C)=O)C(=O)NC(C=O)CC(C)C. The molecule has 6 N–H and O–H groups in total. The number of hydrogen-bond donors (Lipinski definition) is 5. The molecule has 4 unspecified atom stereocenters. The number of unbranched alkanes of at least 4 members (excludes halogenated alkanes) is 1. The molecule has 0 aliphatic carbocycles. The molecular formula is C32H55N5O5S. The molecule has 0 radical (unpaired) electrons. The lowest BCUT2D eigenvalue weighted by Gasteiger charge is -2.21. The minimum atomic E-state index is -0.570. The second-order valence-corrected chi connectivity index (χ2v) is 12.4. The highest BCUT2D eigenvalue weighted by Crippen LogP contribution is 2.07. The summed E-state index contributed by atoms with van der Waals surface area (Å²) >= 11 is 1.61. The van der Waals surface area contributed by atoms with Crippen molar-refractivity contribution < 1.29 is 24.0 Å². The largest absolute Gasteiger partial charge is 0.355 e. The number of hydrogen-bond acceptors (Lipinski definition) is 8. The zero-order chi connectivity index (χ0) is 32.8. The Hall–Kier alpha value is -2.76. The summed E-state index contributed by atoms with van der Waals surface area (Å²) in [6.45, 7) is 9.70. The van der Waals surface area contributed by atoms with Crippen LogP contribution in [0.2, 0.25) is 0 Å². The van der Waals surface area contributed by atoms with E-state index in [1.54, 1.807) is 18.8 Å². The van der Waals surface area contributed by atoms with E-state index in [1.165, 1.54) is 6.92 Å². The fraction of sp³-hybridized carbons (Fsp3) is 0.656. The predicted molar refractivity (Wildman–Crippen MR) is 176 cm³/mol. The molecule has 1 rings (SSSR count). The zero-order valence-corrected chi connectivity index (χ0v) is 27.9. The van der Waals surface area contributed by atoms with Crippen LogP contribution in [0, 0.1) is 11.8 Å². The van der Waals surface area contributed by atoms with Crippen molar-refractivity contribution in [2.45, 2.75) is 97.3 Å². The molecule has 0 aliphatic rings. The summed E-state index contributed by atoms with van der Waals surface area (Å²) in [7, 11) is 1.80. The topological polar surface area (TPSA) is 159 Å². The lowest BCUT2D eigenvalue weighted by Crippen LogP contribution is -2.50. The number of Topliss-reactive ketones (excluding diaryl/α,β-unsaturated/α-hetero) is 1. The highest BCUT2D eigenvalue weighted by molar-refractivity contribution is 7.98. The third kappa shape index (κ3) is 19.2. The van der Waals surface area contributed by atoms with Gasteiger partial charge in [0.25, 0.3) is 0 Å². The summed E-state index contributed by atoms with van der Waals surface area (Å²) in [5.74, 6) is 0.653. The van der Waals surface area contributed by atoms with E-state index in [-0.39, 0.29) is 41.5 Å². The third-order valence-corrected chi connectivity index (χ3v) is 7.29. The summed E-state index contributed by atoms with van der Waals surface area (Å²) in [6.07, 6.45) is 6.84. The van der Waals surface area contributed by atoms with Gasteiger partial charge in [0.1, 0.15) is 12.3 Å². The van der Waals surface area contributed by atoms with Gasteiger partial charge in [-0.05, 0) is 69.1 Å². The second-order valence-electron chi connectivity index (χ2n) is 11.4. The van der Waals surface area contributed by atoms with Gasteiger partial charge in [-0.25, -0.2) is 0 Å². The lowest BCUT2D eigenvalue weighted by molar-refractivity contribution is -0.129. The van der Waals surface area contributed by atoms with Crippen LogP contribution in [0.4, 0.5) is 0 Å². The first-order valence-corrected chi connectivity index (χ1v) is 16.5. The van der Waals surface area contributed by atoms with Crippen LogP contribution in [0.15, 0.2) is 30.3 Å². The summed E-state index contributed by atoms with van der Waals surface area (Å²) in [5, 5.41) is 11.3. The van der Waals surface area contributed by atoms with E-state index in [0.717, 1.165) is 30.4 Å². The van der Waals surface area contributed by atoms with Crippen LogP contribution < -0.4 is 27.0 Å². The second kappa shape index (κ2) is 23.7. The molecule has 0 spiro atoms. The third-order valence-electron chi connectivity index (χ3n) is 6.65. The minimum Gasteiger partial charge on any atom is -0.355 e. The maximum Gasteiger partial charge on any atom is 0.243 e. The molecule has 0 aliphatic heterocycles. The Bertz CT molecular complexity index is 961. The Morgan fingerprint density at radius 2 is 1.58 bits per heavy atom. The molecule has 43 heavy (non-hydrogen) atoms. The monoisotopic (exact) mass is 621 g/mol. The van der Waals surface area contributed by atoms with E-state index in [1.807, 2.05) is 64.3 Å². The summed E-state index contributed by atoms with van der Waals surface area (Å²) in [6, 6.07) is 8.27. The standard InChI is InChI=1S/C19H31N3O2.C13H24N2O3S/c1-14(2)18(23)16(20)11-7-8-12-22-19(24)17(21-3)13-15-9-5-4-6-10-15;1-9(2)7-11(8-16)15-13(18)12(5-6-19-4)14-10(3)17/h4-6,9-10,14,16-17,21H,7-8,11-13,20H2,1-3H3,(H,22,24);8-9,11-12H,5-7H2,1-4H3,(H,14,17)(H,15,18). The Balaban J connectivity index is 0.000000846. The van der Waals surface area contributed by atoms with E-state index in [4.69, 9.17) is 5.73 Å². The van der Waals surface area contributed by atoms with Crippen LogP contribution >= 0.6 is 11.8 Å². The number of aldehydes is 1. The number of thioether (sulfide) groups is 1. The summed E-state index contributed by atoms with van der Waals surface area (Å²) < 4.78 is 0. The van der Waals surface area contributed by atoms with E-state index in [2.05, 4.69) is 21.3 Å². The Morgan fingerprint density at radius 1 is 0.930 bits per heavy atom. The van der Waals surface area contributed by atoms with Gasteiger partial charge >= 0.3 is 0 Å². The Labute approximate surface area is 262 Å². The smallest absolute Gasteiger partial charge is 0.243 e. The van der Waals surface area contributed by atoms with Gasteiger partial charge in [-0.1, -0.05) is 58.0 Å². The van der Waals surface area contributed by atoms with E-state index >= 15 is 0 Å². The summed E-state index contributed by atoms with van der Waals surface area (Å²) in [4.78, 5) is 58.0. The van der Waals surface area contributed by atoms with Gasteiger partial charge in [0, 0.05) is 19.4 Å². The van der Waals surface area contributed by atoms with Crippen LogP contribution in [0.25, 0.3) is 0 Å². The first-order valence-electron chi connectivity index (χ1n) is 15.2. The van der Waals surface area contributed by atoms with Gasteiger partial charge in [-0.15, -0.1) is 0 Å². The van der Waals surface area contributed by atoms with Crippen molar-refractivity contribution in [1.29, 1.82) is 0 Å². The molecule has 3 amide bonds. The van der Waals surface area contributed by atoms with Crippen LogP contribution in [0.1, 0.15) is 72.3 Å². The van der Waals surface area contributed by atoms with Crippen LogP contribution in [-0.4, -0.2) is 79.6 Å². The maximum atomic E-state index is 12.2. The molecule has 10 nitrogen and oxygen atoms in total. The number of ketones is 1. The average molecular weight is 622 g/mol. The molecule has 0 heterocycles. The van der Waals surface area contributed by atoms with Gasteiger partial charge in [-0.2, -0.15) is 11.8 Å². The van der Waals surface area contributed by atoms with Gasteiger partial charge in [0.2, 0.25) is 17.7 Å². The van der Waals surface area contributed by atoms with Crippen molar-refractivity contribution >= 4 is 41.6 Å². The molecule has 11 heteroatoms. The van der Waals surface area contributed by atoms with Gasteiger partial charge < -0.3 is 31.8 Å². The van der Waals surface area contributed by atoms with E-state index in [0.29, 0.717) is 38.1 Å². The van der Waals surface area contributed by atoms with Crippen molar-refractivity contribution in [2.75, 3.05) is 25.6 Å². The molecule has 0 bridgehead atoms. The average Bonchev–Trinajstić information content (AvgIpc) is 2.97. The van der Waals surface area contributed by atoms with Crippen molar-refractivity contribution in [3.8, 4) is 0 Å². The molecule has 1 aromatic carbocycles. The normalized spacial score (nSPS) is 13.6. The Morgan fingerprint density at radius 3 is 2.09 bits per heavy atom. The highest BCUT2D eigenvalue weighted by Gasteiger charge is 2.22. The number of nitrogens with one attached hydrogen (secondary N) is 4. The van der Waals surface area contributed by atoms with E-state index in [9.17, 15) is 24.0 Å². The van der Waals surface area contributed by atoms with Crippen molar-refractivity contribution in [2.24, 2.45) is 17.6 Å². The number of amides is 3. The van der Waals surface area contributed by atoms with Gasteiger partial charge in [-0.3, -0.25) is 19.2 Å². The molecule has 1 aromatic rings. The number of carbonyl (C=O) groups is 5. The van der Waals surface area contributed by atoms with Crippen LogP contribution in [-0.2, 0) is 30.4 Å². The van der Waals surface area contributed by atoms with Gasteiger partial charge in [0.05, 0.1) is 18.1 Å². The number of likely N-dealkylation sites (N-methyl/N-ethyl adjacent to an activating group) is 1. The van der Waals surface area contributed by atoms with Crippen LogP contribution in [0.5, 0.6) is 0 Å². The molecule has 4 atom stereocenters. The van der Waals surface area contributed by atoms with E-state index < -0.39 is 12.1 Å². The molecule has 0 saturated heterocycles. The first-order chi connectivity index (χ1) is 20.4. The maximum absolute atomic E-state index is 12.2. The fourth-order valence-electron chi connectivity index (χ4n) is 4.26. The minimum absolute atomic E-state index is 0.00362. The lowest BCUT2D eigenvalue weighted by atomic mass is 9.98. The first kappa shape index (κ1) is 40.2. The zero-order valence-electron chi connectivity index (χ0n) is 27.1. The van der Waals surface area contributed by atoms with Crippen molar-refractivity contribution in [1.82, 2.24) is 21.3 Å². The number of carbonyl (C=O) groups excluding carboxylic acids is 5. The van der Waals surface area contributed by atoms with Crippen LogP contribution in [0.3, 0.4) is 0 Å². The molecular weight excluding hydrogens is 566 g/mol. The number of benzene rings is 1.